The lowest BCUT2D eigenvalue weighted by atomic mass is 10.0. The third-order valence-electron chi connectivity index (χ3n) is 3.25. The molecule has 1 aromatic heterocycles. The van der Waals surface area contributed by atoms with E-state index in [1.54, 1.807) is 17.5 Å². The molecule has 1 aliphatic rings. The molecule has 2 N–H and O–H groups in total. The van der Waals surface area contributed by atoms with E-state index in [0.29, 0.717) is 18.2 Å². The summed E-state index contributed by atoms with van der Waals surface area (Å²) < 4.78 is 12.9. The highest BCUT2D eigenvalue weighted by atomic mass is 35.5. The zero-order valence-electron chi connectivity index (χ0n) is 11.5. The largest absolute Gasteiger partial charge is 0.350 e. The van der Waals surface area contributed by atoms with Crippen LogP contribution in [0.3, 0.4) is 0 Å². The first kappa shape index (κ1) is 18.8. The van der Waals surface area contributed by atoms with E-state index in [1.165, 1.54) is 23.5 Å². The predicted molar refractivity (Wildman–Crippen MR) is 90.7 cm³/mol. The molecule has 3 rings (SSSR count). The van der Waals surface area contributed by atoms with Gasteiger partial charge in [-0.05, 0) is 24.3 Å². The van der Waals surface area contributed by atoms with E-state index < -0.39 is 0 Å². The van der Waals surface area contributed by atoms with E-state index in [0.717, 1.165) is 23.7 Å². The van der Waals surface area contributed by atoms with Crippen LogP contribution in [0.25, 0.3) is 10.6 Å². The average Bonchev–Trinajstić information content (AvgIpc) is 2.87. The summed E-state index contributed by atoms with van der Waals surface area (Å²) in [5.41, 5.74) is 1.24. The number of hydrogen-bond donors (Lipinski definition) is 2. The summed E-state index contributed by atoms with van der Waals surface area (Å²) in [5, 5.41) is 8.49. The lowest BCUT2D eigenvalue weighted by Gasteiger charge is -2.26. The fourth-order valence-corrected chi connectivity index (χ4v) is 2.73. The molecule has 1 saturated heterocycles. The van der Waals surface area contributed by atoms with E-state index in [4.69, 9.17) is 0 Å². The molecule has 1 fully saturated rings. The molecule has 0 aliphatic carbocycles. The maximum atomic E-state index is 12.9. The number of hydrogen-bond acceptors (Lipinski definition) is 4. The Balaban J connectivity index is 0.00000121. The van der Waals surface area contributed by atoms with Gasteiger partial charge in [-0.2, -0.15) is 0 Å². The molecule has 22 heavy (non-hydrogen) atoms. The second-order valence-electron chi connectivity index (χ2n) is 4.78. The number of amides is 1. The smallest absolute Gasteiger partial charge is 0.270 e. The Hall–Kier alpha value is -1.21. The van der Waals surface area contributed by atoms with E-state index in [2.05, 4.69) is 15.6 Å². The molecule has 0 bridgehead atoms. The number of benzene rings is 1. The molecule has 0 saturated carbocycles. The van der Waals surface area contributed by atoms with Crippen LogP contribution in [0.5, 0.6) is 0 Å². The molecule has 2 heterocycles. The molecule has 4 nitrogen and oxygen atoms in total. The van der Waals surface area contributed by atoms with Crippen LogP contribution in [0.2, 0.25) is 0 Å². The zero-order valence-corrected chi connectivity index (χ0v) is 14.0. The van der Waals surface area contributed by atoms with Crippen molar-refractivity contribution in [2.24, 2.45) is 5.92 Å². The second kappa shape index (κ2) is 8.43. The van der Waals surface area contributed by atoms with Gasteiger partial charge in [0.1, 0.15) is 16.5 Å². The van der Waals surface area contributed by atoms with Gasteiger partial charge in [0.2, 0.25) is 0 Å². The standard InChI is InChI=1S/C14H14FN3OS.2ClH/c15-11-3-1-10(2-4-11)14-18-12(8-20-14)13(19)17-7-9-5-16-6-9;;/h1-4,8-9,16H,5-7H2,(H,17,19);2*1H. The van der Waals surface area contributed by atoms with Gasteiger partial charge >= 0.3 is 0 Å². The Labute approximate surface area is 144 Å². The number of nitrogens with zero attached hydrogens (tertiary/aromatic N) is 1. The zero-order chi connectivity index (χ0) is 13.9. The summed E-state index contributed by atoms with van der Waals surface area (Å²) in [6, 6.07) is 6.10. The van der Waals surface area contributed by atoms with Gasteiger partial charge in [0.25, 0.3) is 5.91 Å². The highest BCUT2D eigenvalue weighted by Gasteiger charge is 2.18. The van der Waals surface area contributed by atoms with E-state index in [9.17, 15) is 9.18 Å². The van der Waals surface area contributed by atoms with Crippen LogP contribution >= 0.6 is 36.2 Å². The van der Waals surface area contributed by atoms with Crippen LogP contribution in [0, 0.1) is 11.7 Å². The highest BCUT2D eigenvalue weighted by Crippen LogP contribution is 2.23. The molecule has 8 heteroatoms. The van der Waals surface area contributed by atoms with Gasteiger partial charge in [-0.3, -0.25) is 4.79 Å². The van der Waals surface area contributed by atoms with Crippen molar-refractivity contribution in [2.75, 3.05) is 19.6 Å². The normalized spacial score (nSPS) is 13.5. The SMILES string of the molecule is Cl.Cl.O=C(NCC1CNC1)c1csc(-c2ccc(F)cc2)n1. The van der Waals surface area contributed by atoms with E-state index in [-0.39, 0.29) is 36.5 Å². The lowest BCUT2D eigenvalue weighted by Crippen LogP contribution is -2.48. The maximum absolute atomic E-state index is 12.9. The van der Waals surface area contributed by atoms with Crippen LogP contribution < -0.4 is 10.6 Å². The van der Waals surface area contributed by atoms with Crippen LogP contribution in [-0.2, 0) is 0 Å². The molecular weight excluding hydrogens is 348 g/mol. The van der Waals surface area contributed by atoms with Crippen molar-refractivity contribution in [2.45, 2.75) is 0 Å². The Bertz CT molecular complexity index is 617. The Kier molecular flexibility index (Phi) is 7.22. The Morgan fingerprint density at radius 2 is 2.00 bits per heavy atom. The van der Waals surface area contributed by atoms with Gasteiger partial charge in [0, 0.05) is 36.5 Å². The van der Waals surface area contributed by atoms with Gasteiger partial charge in [0.15, 0.2) is 0 Å². The number of carbonyl (C=O) groups is 1. The highest BCUT2D eigenvalue weighted by molar-refractivity contribution is 7.13. The van der Waals surface area contributed by atoms with Crippen molar-refractivity contribution in [1.29, 1.82) is 0 Å². The van der Waals surface area contributed by atoms with E-state index in [1.807, 2.05) is 0 Å². The number of nitrogens with one attached hydrogen (secondary N) is 2. The number of thiazole rings is 1. The number of aromatic nitrogens is 1. The summed E-state index contributed by atoms with van der Waals surface area (Å²) in [5.74, 6) is 0.0908. The number of halogens is 3. The van der Waals surface area contributed by atoms with Crippen molar-refractivity contribution in [1.82, 2.24) is 15.6 Å². The fraction of sp³-hybridized carbons (Fsp3) is 0.286. The summed E-state index contributed by atoms with van der Waals surface area (Å²) in [4.78, 5) is 16.2. The molecule has 0 unspecified atom stereocenters. The third kappa shape index (κ3) is 4.39. The van der Waals surface area contributed by atoms with Crippen molar-refractivity contribution in [3.63, 3.8) is 0 Å². The van der Waals surface area contributed by atoms with Crippen molar-refractivity contribution < 1.29 is 9.18 Å². The molecule has 0 atom stereocenters. The van der Waals surface area contributed by atoms with Gasteiger partial charge in [-0.25, -0.2) is 9.37 Å². The van der Waals surface area contributed by atoms with Crippen molar-refractivity contribution >= 4 is 42.1 Å². The topological polar surface area (TPSA) is 54.0 Å². The summed E-state index contributed by atoms with van der Waals surface area (Å²) in [6.07, 6.45) is 0. The third-order valence-corrected chi connectivity index (χ3v) is 4.14. The summed E-state index contributed by atoms with van der Waals surface area (Å²) >= 11 is 1.38. The fourth-order valence-electron chi connectivity index (χ4n) is 1.92. The quantitative estimate of drug-likeness (QED) is 0.877. The molecule has 2 aromatic rings. The molecule has 0 radical (unpaired) electrons. The van der Waals surface area contributed by atoms with Crippen molar-refractivity contribution in [3.8, 4) is 10.6 Å². The van der Waals surface area contributed by atoms with Gasteiger partial charge in [-0.1, -0.05) is 0 Å². The Morgan fingerprint density at radius 1 is 1.32 bits per heavy atom. The van der Waals surface area contributed by atoms with Crippen LogP contribution in [0.4, 0.5) is 4.39 Å². The van der Waals surface area contributed by atoms with Gasteiger partial charge < -0.3 is 10.6 Å². The Morgan fingerprint density at radius 3 is 2.59 bits per heavy atom. The first-order valence-corrected chi connectivity index (χ1v) is 7.31. The number of carbonyl (C=O) groups excluding carboxylic acids is 1. The average molecular weight is 364 g/mol. The molecular formula is C14H16Cl2FN3OS. The van der Waals surface area contributed by atoms with Crippen LogP contribution in [-0.4, -0.2) is 30.5 Å². The van der Waals surface area contributed by atoms with Crippen LogP contribution in [0.15, 0.2) is 29.6 Å². The predicted octanol–water partition coefficient (Wildman–Crippen LogP) is 2.74. The maximum Gasteiger partial charge on any atom is 0.270 e. The molecule has 1 amide bonds. The first-order valence-electron chi connectivity index (χ1n) is 6.43. The summed E-state index contributed by atoms with van der Waals surface area (Å²) in [6.45, 7) is 2.59. The van der Waals surface area contributed by atoms with Gasteiger partial charge in [0.05, 0.1) is 0 Å². The summed E-state index contributed by atoms with van der Waals surface area (Å²) in [7, 11) is 0. The lowest BCUT2D eigenvalue weighted by molar-refractivity contribution is 0.0938. The minimum Gasteiger partial charge on any atom is -0.350 e. The van der Waals surface area contributed by atoms with E-state index >= 15 is 0 Å². The second-order valence-corrected chi connectivity index (χ2v) is 5.64. The minimum absolute atomic E-state index is 0. The molecule has 1 aliphatic heterocycles. The molecule has 120 valence electrons. The van der Waals surface area contributed by atoms with Gasteiger partial charge in [-0.15, -0.1) is 36.2 Å². The molecule has 0 spiro atoms. The van der Waals surface area contributed by atoms with Crippen LogP contribution in [0.1, 0.15) is 10.5 Å². The number of rotatable bonds is 4. The first-order chi connectivity index (χ1) is 9.72. The monoisotopic (exact) mass is 363 g/mol. The minimum atomic E-state index is -0.280. The van der Waals surface area contributed by atoms with Crippen molar-refractivity contribution in [3.05, 3.63) is 41.2 Å². The molecule has 1 aromatic carbocycles.